The topological polar surface area (TPSA) is 38.4 Å². The highest BCUT2D eigenvalue weighted by atomic mass is 16.5. The molecule has 5 heteroatoms. The van der Waals surface area contributed by atoms with Crippen molar-refractivity contribution in [3.63, 3.8) is 0 Å². The van der Waals surface area contributed by atoms with Crippen LogP contribution in [-0.2, 0) is 9.53 Å². The average molecular weight is 299 g/mol. The number of hydrogen-bond acceptors (Lipinski definition) is 2. The molecule has 0 aliphatic carbocycles. The summed E-state index contributed by atoms with van der Waals surface area (Å²) in [7, 11) is 1.96. The second-order valence-electron chi connectivity index (χ2n) is 6.97. The number of hydrogen-bond donors (Lipinski definition) is 2. The molecule has 1 amide bonds. The van der Waals surface area contributed by atoms with Crippen LogP contribution in [-0.4, -0.2) is 75.9 Å². The minimum absolute atomic E-state index is 0.264. The van der Waals surface area contributed by atoms with Crippen molar-refractivity contribution in [2.75, 3.05) is 52.9 Å². The molecule has 5 nitrogen and oxygen atoms in total. The van der Waals surface area contributed by atoms with Crippen molar-refractivity contribution in [1.29, 1.82) is 0 Å². The monoisotopic (exact) mass is 299 g/mol. The second kappa shape index (κ2) is 8.11. The van der Waals surface area contributed by atoms with Crippen LogP contribution in [0.4, 0.5) is 0 Å². The molecule has 0 aromatic heterocycles. The fourth-order valence-electron chi connectivity index (χ4n) is 3.63. The SMILES string of the molecule is C[C@H]1C[NH+](CC(=O)N(C)CC[NH+]2CCCCC2)C[C@H](C)O1. The minimum atomic E-state index is 0.264. The van der Waals surface area contributed by atoms with Crippen LogP contribution in [0.3, 0.4) is 0 Å². The van der Waals surface area contributed by atoms with Crippen LogP contribution in [0.1, 0.15) is 33.1 Å². The fourth-order valence-corrected chi connectivity index (χ4v) is 3.63. The maximum Gasteiger partial charge on any atom is 0.277 e. The Morgan fingerprint density at radius 1 is 1.10 bits per heavy atom. The van der Waals surface area contributed by atoms with Crippen LogP contribution in [0.25, 0.3) is 0 Å². The van der Waals surface area contributed by atoms with E-state index in [-0.39, 0.29) is 18.1 Å². The van der Waals surface area contributed by atoms with Crippen LogP contribution < -0.4 is 9.80 Å². The number of nitrogens with zero attached hydrogens (tertiary/aromatic N) is 1. The summed E-state index contributed by atoms with van der Waals surface area (Å²) in [6, 6.07) is 0. The Labute approximate surface area is 129 Å². The van der Waals surface area contributed by atoms with E-state index < -0.39 is 0 Å². The lowest BCUT2D eigenvalue weighted by molar-refractivity contribution is -0.908. The number of carbonyl (C=O) groups is 1. The number of quaternary nitrogens is 2. The van der Waals surface area contributed by atoms with Crippen molar-refractivity contribution in [2.45, 2.75) is 45.3 Å². The van der Waals surface area contributed by atoms with E-state index in [1.165, 1.54) is 37.3 Å². The molecule has 0 aromatic carbocycles. The molecule has 0 radical (unpaired) electrons. The Morgan fingerprint density at radius 2 is 1.71 bits per heavy atom. The zero-order chi connectivity index (χ0) is 15.2. The van der Waals surface area contributed by atoms with E-state index in [4.69, 9.17) is 4.74 Å². The molecule has 2 heterocycles. The number of likely N-dealkylation sites (N-methyl/N-ethyl adjacent to an activating group) is 1. The van der Waals surface area contributed by atoms with Crippen molar-refractivity contribution in [3.8, 4) is 0 Å². The smallest absolute Gasteiger partial charge is 0.277 e. The highest BCUT2D eigenvalue weighted by Gasteiger charge is 2.28. The van der Waals surface area contributed by atoms with Gasteiger partial charge in [0.15, 0.2) is 6.54 Å². The summed E-state index contributed by atoms with van der Waals surface area (Å²) in [6.45, 7) is 11.3. The molecule has 2 rings (SSSR count). The standard InChI is InChI=1S/C16H31N3O2/c1-14-11-19(12-15(2)21-14)13-16(20)17(3)9-10-18-7-5-4-6-8-18/h14-15H,4-13H2,1-3H3/p+2/t14-,15-/m0/s1. The van der Waals surface area contributed by atoms with Crippen LogP contribution in [0, 0.1) is 0 Å². The van der Waals surface area contributed by atoms with Crippen molar-refractivity contribution >= 4 is 5.91 Å². The molecule has 2 fully saturated rings. The third-order valence-electron chi connectivity index (χ3n) is 4.81. The molecule has 2 aliphatic heterocycles. The third kappa shape index (κ3) is 5.57. The van der Waals surface area contributed by atoms with E-state index in [2.05, 4.69) is 13.8 Å². The van der Waals surface area contributed by atoms with Gasteiger partial charge in [0.2, 0.25) is 0 Å². The van der Waals surface area contributed by atoms with Gasteiger partial charge in [0.05, 0.1) is 26.2 Å². The Hall–Kier alpha value is -0.650. The summed E-state index contributed by atoms with van der Waals surface area (Å²) in [5.41, 5.74) is 0. The van der Waals surface area contributed by atoms with Gasteiger partial charge in [-0.15, -0.1) is 0 Å². The number of piperidine rings is 1. The molecule has 2 saturated heterocycles. The number of likely N-dealkylation sites (tertiary alicyclic amines) is 1. The Bertz CT molecular complexity index is 321. The number of nitrogens with one attached hydrogen (secondary N) is 2. The van der Waals surface area contributed by atoms with Gasteiger partial charge < -0.3 is 19.4 Å². The van der Waals surface area contributed by atoms with E-state index in [0.29, 0.717) is 6.54 Å². The predicted molar refractivity (Wildman–Crippen MR) is 82.6 cm³/mol. The molecule has 0 saturated carbocycles. The van der Waals surface area contributed by atoms with Gasteiger partial charge >= 0.3 is 0 Å². The van der Waals surface area contributed by atoms with Gasteiger partial charge in [-0.05, 0) is 33.1 Å². The number of carbonyl (C=O) groups excluding carboxylic acids is 1. The zero-order valence-electron chi connectivity index (χ0n) is 14.0. The van der Waals surface area contributed by atoms with Crippen molar-refractivity contribution in [3.05, 3.63) is 0 Å². The van der Waals surface area contributed by atoms with Gasteiger partial charge in [-0.25, -0.2) is 0 Å². The maximum absolute atomic E-state index is 12.4. The highest BCUT2D eigenvalue weighted by Crippen LogP contribution is 1.98. The molecule has 2 aliphatic rings. The first-order valence-corrected chi connectivity index (χ1v) is 8.61. The minimum Gasteiger partial charge on any atom is -0.364 e. The van der Waals surface area contributed by atoms with Crippen molar-refractivity contribution < 1.29 is 19.3 Å². The number of rotatable bonds is 5. The van der Waals surface area contributed by atoms with Crippen LogP contribution in [0.2, 0.25) is 0 Å². The van der Waals surface area contributed by atoms with Gasteiger partial charge in [0.1, 0.15) is 25.3 Å². The lowest BCUT2D eigenvalue weighted by Crippen LogP contribution is -3.16. The predicted octanol–water partition coefficient (Wildman–Crippen LogP) is -1.79. The molecular formula is C16H33N3O2+2. The second-order valence-corrected chi connectivity index (χ2v) is 6.97. The van der Waals surface area contributed by atoms with E-state index in [0.717, 1.165) is 26.2 Å². The van der Waals surface area contributed by atoms with Crippen LogP contribution in [0.15, 0.2) is 0 Å². The molecule has 122 valence electrons. The summed E-state index contributed by atoms with van der Waals surface area (Å²) in [6.07, 6.45) is 4.61. The van der Waals surface area contributed by atoms with Gasteiger partial charge in [-0.2, -0.15) is 0 Å². The fraction of sp³-hybridized carbons (Fsp3) is 0.938. The molecule has 2 atom stereocenters. The summed E-state index contributed by atoms with van der Waals surface area (Å²) in [5.74, 6) is 0.280. The third-order valence-corrected chi connectivity index (χ3v) is 4.81. The lowest BCUT2D eigenvalue weighted by Gasteiger charge is -2.33. The Kier molecular flexibility index (Phi) is 6.45. The zero-order valence-corrected chi connectivity index (χ0v) is 14.0. The molecule has 0 aromatic rings. The molecule has 0 spiro atoms. The van der Waals surface area contributed by atoms with Gasteiger partial charge in [-0.3, -0.25) is 4.79 Å². The first kappa shape index (κ1) is 16.7. The first-order chi connectivity index (χ1) is 10.0. The number of amides is 1. The van der Waals surface area contributed by atoms with Crippen LogP contribution in [0.5, 0.6) is 0 Å². The lowest BCUT2D eigenvalue weighted by atomic mass is 10.1. The maximum atomic E-state index is 12.4. The molecular weight excluding hydrogens is 266 g/mol. The van der Waals surface area contributed by atoms with Crippen LogP contribution >= 0.6 is 0 Å². The Balaban J connectivity index is 1.69. The molecule has 21 heavy (non-hydrogen) atoms. The number of ether oxygens (including phenoxy) is 1. The summed E-state index contributed by atoms with van der Waals surface area (Å²) >= 11 is 0. The summed E-state index contributed by atoms with van der Waals surface area (Å²) in [4.78, 5) is 17.3. The molecule has 0 unspecified atom stereocenters. The molecule has 0 bridgehead atoms. The summed E-state index contributed by atoms with van der Waals surface area (Å²) in [5, 5.41) is 0. The van der Waals surface area contributed by atoms with Gasteiger partial charge in [-0.1, -0.05) is 0 Å². The Morgan fingerprint density at radius 3 is 2.33 bits per heavy atom. The molecule has 2 N–H and O–H groups in total. The van der Waals surface area contributed by atoms with Gasteiger partial charge in [0.25, 0.3) is 5.91 Å². The quantitative estimate of drug-likeness (QED) is 0.629. The largest absolute Gasteiger partial charge is 0.364 e. The van der Waals surface area contributed by atoms with E-state index >= 15 is 0 Å². The van der Waals surface area contributed by atoms with E-state index in [9.17, 15) is 4.79 Å². The van der Waals surface area contributed by atoms with E-state index in [1.54, 1.807) is 4.90 Å². The summed E-state index contributed by atoms with van der Waals surface area (Å²) < 4.78 is 5.74. The first-order valence-electron chi connectivity index (χ1n) is 8.61. The normalized spacial score (nSPS) is 31.1. The number of morpholine rings is 1. The van der Waals surface area contributed by atoms with Crippen molar-refractivity contribution in [2.24, 2.45) is 0 Å². The van der Waals surface area contributed by atoms with Crippen molar-refractivity contribution in [1.82, 2.24) is 4.90 Å². The van der Waals surface area contributed by atoms with E-state index in [1.807, 2.05) is 11.9 Å². The highest BCUT2D eigenvalue weighted by molar-refractivity contribution is 5.76. The average Bonchev–Trinajstić information content (AvgIpc) is 2.44. The van der Waals surface area contributed by atoms with Gasteiger partial charge in [0, 0.05) is 7.05 Å².